The van der Waals surface area contributed by atoms with Crippen LogP contribution < -0.4 is 15.4 Å². The highest BCUT2D eigenvalue weighted by Crippen LogP contribution is 2.26. The second-order valence-electron chi connectivity index (χ2n) is 6.59. The van der Waals surface area contributed by atoms with E-state index in [1.165, 1.54) is 4.90 Å². The number of carbonyl (C=O) groups is 3. The summed E-state index contributed by atoms with van der Waals surface area (Å²) in [6.45, 7) is 1.11. The predicted molar refractivity (Wildman–Crippen MR) is 112 cm³/mol. The van der Waals surface area contributed by atoms with Gasteiger partial charge in [0.05, 0.1) is 18.2 Å². The van der Waals surface area contributed by atoms with Gasteiger partial charge in [-0.3, -0.25) is 14.5 Å². The van der Waals surface area contributed by atoms with E-state index < -0.39 is 0 Å². The van der Waals surface area contributed by atoms with Gasteiger partial charge in [-0.2, -0.15) is 0 Å². The summed E-state index contributed by atoms with van der Waals surface area (Å²) >= 11 is 3.31. The maximum absolute atomic E-state index is 12.4. The largest absolute Gasteiger partial charge is 0.497 e. The van der Waals surface area contributed by atoms with Crippen molar-refractivity contribution in [3.8, 4) is 5.75 Å². The lowest BCUT2D eigenvalue weighted by Crippen LogP contribution is -2.38. The number of nitrogens with one attached hydrogen (secondary N) is 2. The number of rotatable bonds is 8. The third-order valence-electron chi connectivity index (χ3n) is 4.61. The number of imide groups is 1. The van der Waals surface area contributed by atoms with Gasteiger partial charge in [-0.05, 0) is 48.7 Å². The first-order chi connectivity index (χ1) is 14.0. The summed E-state index contributed by atoms with van der Waals surface area (Å²) in [5.74, 6) is 0.196. The van der Waals surface area contributed by atoms with Gasteiger partial charge in [-0.15, -0.1) is 0 Å². The Labute approximate surface area is 177 Å². The molecule has 8 heteroatoms. The maximum Gasteiger partial charge on any atom is 0.314 e. The van der Waals surface area contributed by atoms with E-state index in [0.717, 1.165) is 15.8 Å². The molecule has 0 spiro atoms. The van der Waals surface area contributed by atoms with Gasteiger partial charge in [-0.25, -0.2) is 4.79 Å². The summed E-state index contributed by atoms with van der Waals surface area (Å²) < 4.78 is 5.93. The van der Waals surface area contributed by atoms with Crippen molar-refractivity contribution in [2.75, 3.05) is 26.7 Å². The highest BCUT2D eigenvalue weighted by atomic mass is 79.9. The molecule has 0 aliphatic carbocycles. The third-order valence-corrected chi connectivity index (χ3v) is 5.10. The normalized spacial score (nSPS) is 12.7. The van der Waals surface area contributed by atoms with Gasteiger partial charge in [-0.1, -0.05) is 28.1 Å². The summed E-state index contributed by atoms with van der Waals surface area (Å²) in [5.41, 5.74) is 1.90. The van der Waals surface area contributed by atoms with E-state index in [-0.39, 0.29) is 24.4 Å². The second-order valence-corrected chi connectivity index (χ2v) is 7.51. The molecule has 3 rings (SSSR count). The maximum atomic E-state index is 12.4. The van der Waals surface area contributed by atoms with Crippen molar-refractivity contribution < 1.29 is 19.1 Å². The Morgan fingerprint density at radius 1 is 1.03 bits per heavy atom. The molecule has 1 aliphatic heterocycles. The van der Waals surface area contributed by atoms with Gasteiger partial charge in [0.1, 0.15) is 5.75 Å². The average molecular weight is 460 g/mol. The number of urea groups is 1. The Morgan fingerprint density at radius 3 is 2.59 bits per heavy atom. The Bertz CT molecular complexity index is 932. The van der Waals surface area contributed by atoms with Crippen LogP contribution in [0.4, 0.5) is 4.79 Å². The number of carbonyl (C=O) groups excluding carboxylic acids is 3. The van der Waals surface area contributed by atoms with Crippen molar-refractivity contribution in [2.45, 2.75) is 12.8 Å². The van der Waals surface area contributed by atoms with Crippen LogP contribution in [-0.2, 0) is 6.42 Å². The first-order valence-corrected chi connectivity index (χ1v) is 10.1. The minimum Gasteiger partial charge on any atom is -0.497 e. The standard InChI is InChI=1S/C21H22BrN3O4/c1-29-16-5-2-4-14(12-16)8-10-24-21(28)23-9-3-11-25-19(26)17-7-6-15(22)13-18(17)20(25)27/h2,4-7,12-13H,3,8-11H2,1H3,(H2,23,24,28). The molecular formula is C21H22BrN3O4. The van der Waals surface area contributed by atoms with Crippen molar-refractivity contribution in [1.29, 1.82) is 0 Å². The molecule has 0 saturated heterocycles. The Hall–Kier alpha value is -2.87. The summed E-state index contributed by atoms with van der Waals surface area (Å²) in [5, 5.41) is 5.54. The van der Waals surface area contributed by atoms with Gasteiger partial charge in [0.2, 0.25) is 0 Å². The molecule has 1 aliphatic rings. The monoisotopic (exact) mass is 459 g/mol. The number of ether oxygens (including phenoxy) is 1. The number of nitrogens with zero attached hydrogens (tertiary/aromatic N) is 1. The lowest BCUT2D eigenvalue weighted by atomic mass is 10.1. The van der Waals surface area contributed by atoms with Crippen molar-refractivity contribution >= 4 is 33.8 Å². The Balaban J connectivity index is 1.37. The molecular weight excluding hydrogens is 438 g/mol. The topological polar surface area (TPSA) is 87.7 Å². The second kappa shape index (κ2) is 9.56. The molecule has 0 atom stereocenters. The van der Waals surface area contributed by atoms with E-state index in [2.05, 4.69) is 26.6 Å². The van der Waals surface area contributed by atoms with E-state index in [9.17, 15) is 14.4 Å². The average Bonchev–Trinajstić information content (AvgIpc) is 2.95. The van der Waals surface area contributed by atoms with E-state index in [0.29, 0.717) is 37.1 Å². The predicted octanol–water partition coefficient (Wildman–Crippen LogP) is 2.99. The van der Waals surface area contributed by atoms with Crippen LogP contribution in [0.15, 0.2) is 46.9 Å². The van der Waals surface area contributed by atoms with Crippen LogP contribution in [0.5, 0.6) is 5.75 Å². The summed E-state index contributed by atoms with van der Waals surface area (Å²) in [7, 11) is 1.62. The molecule has 0 unspecified atom stereocenters. The van der Waals surface area contributed by atoms with Gasteiger partial charge in [0, 0.05) is 24.1 Å². The summed E-state index contributed by atoms with van der Waals surface area (Å²) in [4.78, 5) is 37.9. The van der Waals surface area contributed by atoms with E-state index >= 15 is 0 Å². The minimum atomic E-state index is -0.297. The number of halogens is 1. The molecule has 29 heavy (non-hydrogen) atoms. The molecule has 7 nitrogen and oxygen atoms in total. The molecule has 0 fully saturated rings. The zero-order valence-electron chi connectivity index (χ0n) is 16.0. The Kier molecular flexibility index (Phi) is 6.87. The lowest BCUT2D eigenvalue weighted by molar-refractivity contribution is 0.0653. The third kappa shape index (κ3) is 5.14. The first kappa shape index (κ1) is 20.9. The van der Waals surface area contributed by atoms with Gasteiger partial charge in [0.15, 0.2) is 0 Å². The SMILES string of the molecule is COc1cccc(CCNC(=O)NCCCN2C(=O)c3ccc(Br)cc3C2=O)c1. The molecule has 2 N–H and O–H groups in total. The minimum absolute atomic E-state index is 0.258. The van der Waals surface area contributed by atoms with Crippen LogP contribution >= 0.6 is 15.9 Å². The zero-order valence-corrected chi connectivity index (χ0v) is 17.6. The number of hydrogen-bond acceptors (Lipinski definition) is 4. The first-order valence-electron chi connectivity index (χ1n) is 9.30. The van der Waals surface area contributed by atoms with Crippen LogP contribution in [0.1, 0.15) is 32.7 Å². The van der Waals surface area contributed by atoms with Crippen molar-refractivity contribution in [2.24, 2.45) is 0 Å². The fourth-order valence-electron chi connectivity index (χ4n) is 3.12. The van der Waals surface area contributed by atoms with Crippen LogP contribution in [0.25, 0.3) is 0 Å². The lowest BCUT2D eigenvalue weighted by Gasteiger charge is -2.14. The van der Waals surface area contributed by atoms with Crippen LogP contribution in [0.2, 0.25) is 0 Å². The fraction of sp³-hybridized carbons (Fsp3) is 0.286. The quantitative estimate of drug-likeness (QED) is 0.469. The smallest absolute Gasteiger partial charge is 0.314 e. The van der Waals surface area contributed by atoms with E-state index in [1.807, 2.05) is 24.3 Å². The molecule has 1 heterocycles. The summed E-state index contributed by atoms with van der Waals surface area (Å²) in [6, 6.07) is 12.5. The molecule has 0 saturated carbocycles. The molecule has 152 valence electrons. The van der Waals surface area contributed by atoms with Gasteiger partial charge >= 0.3 is 6.03 Å². The number of hydrogen-bond donors (Lipinski definition) is 2. The van der Waals surface area contributed by atoms with Gasteiger partial charge in [0.25, 0.3) is 11.8 Å². The highest BCUT2D eigenvalue weighted by molar-refractivity contribution is 9.10. The molecule has 2 aromatic carbocycles. The van der Waals surface area contributed by atoms with Crippen LogP contribution in [0.3, 0.4) is 0 Å². The number of benzene rings is 2. The fourth-order valence-corrected chi connectivity index (χ4v) is 3.48. The number of amides is 4. The zero-order chi connectivity index (χ0) is 20.8. The molecule has 2 aromatic rings. The number of fused-ring (bicyclic) bond motifs is 1. The van der Waals surface area contributed by atoms with Crippen LogP contribution in [0, 0.1) is 0 Å². The van der Waals surface area contributed by atoms with Gasteiger partial charge < -0.3 is 15.4 Å². The molecule has 4 amide bonds. The molecule has 0 bridgehead atoms. The van der Waals surface area contributed by atoms with E-state index in [1.54, 1.807) is 25.3 Å². The van der Waals surface area contributed by atoms with Crippen molar-refractivity contribution in [1.82, 2.24) is 15.5 Å². The highest BCUT2D eigenvalue weighted by Gasteiger charge is 2.34. The van der Waals surface area contributed by atoms with Crippen molar-refractivity contribution in [3.63, 3.8) is 0 Å². The van der Waals surface area contributed by atoms with E-state index in [4.69, 9.17) is 4.74 Å². The Morgan fingerprint density at radius 2 is 1.79 bits per heavy atom. The number of methoxy groups -OCH3 is 1. The summed E-state index contributed by atoms with van der Waals surface area (Å²) in [6.07, 6.45) is 1.17. The molecule has 0 radical (unpaired) electrons. The van der Waals surface area contributed by atoms with Crippen molar-refractivity contribution in [3.05, 3.63) is 63.6 Å². The van der Waals surface area contributed by atoms with Crippen LogP contribution in [-0.4, -0.2) is 49.5 Å². The molecule has 0 aromatic heterocycles.